The molecule has 0 aromatic heterocycles. The Balaban J connectivity index is 1.66. The normalized spacial score (nSPS) is 35.8. The molecule has 2 unspecified atom stereocenters. The summed E-state index contributed by atoms with van der Waals surface area (Å²) < 4.78 is 10.5. The van der Waals surface area contributed by atoms with Gasteiger partial charge in [0.2, 0.25) is 0 Å². The monoisotopic (exact) mass is 185 g/mol. The van der Waals surface area contributed by atoms with Crippen LogP contribution in [0, 0.1) is 11.8 Å². The molecule has 0 amide bonds. The zero-order chi connectivity index (χ0) is 9.10. The van der Waals surface area contributed by atoms with Crippen molar-refractivity contribution in [1.29, 1.82) is 0 Å². The van der Waals surface area contributed by atoms with Gasteiger partial charge in [-0.15, -0.1) is 0 Å². The molecule has 0 aromatic rings. The lowest BCUT2D eigenvalue weighted by atomic mass is 9.90. The standard InChI is InChI=1S/C10H19NO2/c1-8-5-12-3-2-9(8)4-11-10-6-13-7-10/h8-11H,2-7H2,1H3. The number of hydrogen-bond acceptors (Lipinski definition) is 3. The lowest BCUT2D eigenvalue weighted by molar-refractivity contribution is -0.0159. The van der Waals surface area contributed by atoms with Gasteiger partial charge in [-0.05, 0) is 24.8 Å². The SMILES string of the molecule is CC1COCCC1CNC1COC1. The van der Waals surface area contributed by atoms with Crippen molar-refractivity contribution in [3.05, 3.63) is 0 Å². The zero-order valence-electron chi connectivity index (χ0n) is 8.29. The van der Waals surface area contributed by atoms with Gasteiger partial charge in [0.25, 0.3) is 0 Å². The summed E-state index contributed by atoms with van der Waals surface area (Å²) in [6.45, 7) is 7.10. The zero-order valence-corrected chi connectivity index (χ0v) is 8.29. The molecule has 2 rings (SSSR count). The first-order valence-electron chi connectivity index (χ1n) is 5.25. The predicted molar refractivity (Wildman–Crippen MR) is 50.7 cm³/mol. The van der Waals surface area contributed by atoms with Gasteiger partial charge in [-0.1, -0.05) is 6.92 Å². The van der Waals surface area contributed by atoms with E-state index in [9.17, 15) is 0 Å². The summed E-state index contributed by atoms with van der Waals surface area (Å²) >= 11 is 0. The molecule has 0 aromatic carbocycles. The van der Waals surface area contributed by atoms with E-state index >= 15 is 0 Å². The highest BCUT2D eigenvalue weighted by molar-refractivity contribution is 4.78. The maximum absolute atomic E-state index is 5.41. The average Bonchev–Trinajstić information content (AvgIpc) is 2.05. The number of hydrogen-bond donors (Lipinski definition) is 1. The smallest absolute Gasteiger partial charge is 0.0643 e. The Bertz CT molecular complexity index is 159. The highest BCUT2D eigenvalue weighted by Crippen LogP contribution is 2.20. The molecular formula is C10H19NO2. The summed E-state index contributed by atoms with van der Waals surface area (Å²) in [4.78, 5) is 0. The summed E-state index contributed by atoms with van der Waals surface area (Å²) in [6.07, 6.45) is 1.21. The van der Waals surface area contributed by atoms with Crippen molar-refractivity contribution in [2.75, 3.05) is 33.0 Å². The number of rotatable bonds is 3. The van der Waals surface area contributed by atoms with Crippen LogP contribution in [0.5, 0.6) is 0 Å². The van der Waals surface area contributed by atoms with Gasteiger partial charge in [-0.3, -0.25) is 0 Å². The Morgan fingerprint density at radius 3 is 2.69 bits per heavy atom. The summed E-state index contributed by atoms with van der Waals surface area (Å²) in [6, 6.07) is 0.620. The molecule has 13 heavy (non-hydrogen) atoms. The second-order valence-corrected chi connectivity index (χ2v) is 4.24. The maximum atomic E-state index is 5.41. The maximum Gasteiger partial charge on any atom is 0.0643 e. The van der Waals surface area contributed by atoms with Crippen LogP contribution in [0.15, 0.2) is 0 Å². The van der Waals surface area contributed by atoms with Crippen LogP contribution in [-0.4, -0.2) is 39.0 Å². The lowest BCUT2D eigenvalue weighted by Gasteiger charge is -2.33. The van der Waals surface area contributed by atoms with E-state index in [-0.39, 0.29) is 0 Å². The quantitative estimate of drug-likeness (QED) is 0.700. The molecule has 0 radical (unpaired) electrons. The first-order valence-corrected chi connectivity index (χ1v) is 5.25. The van der Waals surface area contributed by atoms with Crippen LogP contribution in [0.1, 0.15) is 13.3 Å². The van der Waals surface area contributed by atoms with E-state index in [2.05, 4.69) is 12.2 Å². The second kappa shape index (κ2) is 4.40. The van der Waals surface area contributed by atoms with Gasteiger partial charge in [0, 0.05) is 13.2 Å². The minimum Gasteiger partial charge on any atom is -0.381 e. The van der Waals surface area contributed by atoms with E-state index in [4.69, 9.17) is 9.47 Å². The second-order valence-electron chi connectivity index (χ2n) is 4.24. The molecule has 1 N–H and O–H groups in total. The van der Waals surface area contributed by atoms with Crippen LogP contribution < -0.4 is 5.32 Å². The molecule has 2 aliphatic heterocycles. The largest absolute Gasteiger partial charge is 0.381 e. The van der Waals surface area contributed by atoms with Crippen LogP contribution >= 0.6 is 0 Å². The molecule has 2 saturated heterocycles. The molecule has 3 nitrogen and oxygen atoms in total. The van der Waals surface area contributed by atoms with Gasteiger partial charge >= 0.3 is 0 Å². The van der Waals surface area contributed by atoms with Gasteiger partial charge in [-0.2, -0.15) is 0 Å². The lowest BCUT2D eigenvalue weighted by Crippen LogP contribution is -2.48. The fourth-order valence-corrected chi connectivity index (χ4v) is 1.90. The van der Waals surface area contributed by atoms with Crippen molar-refractivity contribution in [2.24, 2.45) is 11.8 Å². The number of nitrogens with one attached hydrogen (secondary N) is 1. The fraction of sp³-hybridized carbons (Fsp3) is 1.00. The third-order valence-electron chi connectivity index (χ3n) is 3.13. The Kier molecular flexibility index (Phi) is 3.19. The van der Waals surface area contributed by atoms with Crippen LogP contribution in [0.3, 0.4) is 0 Å². The minimum atomic E-state index is 0.620. The molecule has 2 aliphatic rings. The first kappa shape index (κ1) is 9.44. The summed E-state index contributed by atoms with van der Waals surface area (Å²) in [5, 5.41) is 3.54. The Labute approximate surface area is 79.8 Å². The van der Waals surface area contributed by atoms with Gasteiger partial charge in [0.1, 0.15) is 0 Å². The van der Waals surface area contributed by atoms with E-state index in [1.165, 1.54) is 6.42 Å². The third-order valence-corrected chi connectivity index (χ3v) is 3.13. The van der Waals surface area contributed by atoms with Crippen molar-refractivity contribution >= 4 is 0 Å². The Hall–Kier alpha value is -0.120. The Morgan fingerprint density at radius 1 is 1.23 bits per heavy atom. The Morgan fingerprint density at radius 2 is 2.08 bits per heavy atom. The van der Waals surface area contributed by atoms with E-state index in [0.717, 1.165) is 38.9 Å². The van der Waals surface area contributed by atoms with E-state index < -0.39 is 0 Å². The topological polar surface area (TPSA) is 30.5 Å². The molecule has 0 aliphatic carbocycles. The molecule has 2 fully saturated rings. The summed E-state index contributed by atoms with van der Waals surface area (Å²) in [5.74, 6) is 1.51. The molecule has 0 spiro atoms. The predicted octanol–water partition coefficient (Wildman–Crippen LogP) is 0.647. The first-order chi connectivity index (χ1) is 6.36. The van der Waals surface area contributed by atoms with E-state index in [1.54, 1.807) is 0 Å². The van der Waals surface area contributed by atoms with E-state index in [0.29, 0.717) is 12.0 Å². The molecule has 0 saturated carbocycles. The summed E-state index contributed by atoms with van der Waals surface area (Å²) in [5.41, 5.74) is 0. The van der Waals surface area contributed by atoms with Crippen LogP contribution in [-0.2, 0) is 9.47 Å². The minimum absolute atomic E-state index is 0.620. The highest BCUT2D eigenvalue weighted by atomic mass is 16.5. The number of ether oxygens (including phenoxy) is 2. The van der Waals surface area contributed by atoms with Crippen molar-refractivity contribution in [1.82, 2.24) is 5.32 Å². The van der Waals surface area contributed by atoms with Crippen LogP contribution in [0.4, 0.5) is 0 Å². The van der Waals surface area contributed by atoms with Gasteiger partial charge in [0.15, 0.2) is 0 Å². The highest BCUT2D eigenvalue weighted by Gasteiger charge is 2.24. The third kappa shape index (κ3) is 2.42. The molecule has 2 heterocycles. The van der Waals surface area contributed by atoms with Crippen LogP contribution in [0.25, 0.3) is 0 Å². The van der Waals surface area contributed by atoms with Gasteiger partial charge in [-0.25, -0.2) is 0 Å². The molecule has 76 valence electrons. The molecule has 0 bridgehead atoms. The molecule has 3 heteroatoms. The summed E-state index contributed by atoms with van der Waals surface area (Å²) in [7, 11) is 0. The van der Waals surface area contributed by atoms with Crippen molar-refractivity contribution in [2.45, 2.75) is 19.4 Å². The van der Waals surface area contributed by atoms with Gasteiger partial charge < -0.3 is 14.8 Å². The van der Waals surface area contributed by atoms with Crippen molar-refractivity contribution in [3.8, 4) is 0 Å². The van der Waals surface area contributed by atoms with E-state index in [1.807, 2.05) is 0 Å². The van der Waals surface area contributed by atoms with Crippen LogP contribution in [0.2, 0.25) is 0 Å². The molecular weight excluding hydrogens is 166 g/mol. The molecule has 2 atom stereocenters. The van der Waals surface area contributed by atoms with Gasteiger partial charge in [0.05, 0.1) is 19.3 Å². The average molecular weight is 185 g/mol. The van der Waals surface area contributed by atoms with Crippen molar-refractivity contribution < 1.29 is 9.47 Å². The van der Waals surface area contributed by atoms with Crippen molar-refractivity contribution in [3.63, 3.8) is 0 Å². The fourth-order valence-electron chi connectivity index (χ4n) is 1.90.